The Balaban J connectivity index is 1.40. The quantitative estimate of drug-likeness (QED) is 0.528. The van der Waals surface area contributed by atoms with Gasteiger partial charge in [0.15, 0.2) is 11.5 Å². The van der Waals surface area contributed by atoms with E-state index in [-0.39, 0.29) is 0 Å². The molecule has 4 aromatic rings. The van der Waals surface area contributed by atoms with Crippen molar-refractivity contribution in [3.8, 4) is 22.8 Å². The summed E-state index contributed by atoms with van der Waals surface area (Å²) in [5, 5.41) is 8.75. The van der Waals surface area contributed by atoms with Crippen molar-refractivity contribution in [3.63, 3.8) is 0 Å². The molecule has 0 aliphatic carbocycles. The van der Waals surface area contributed by atoms with Gasteiger partial charge in [-0.05, 0) is 36.2 Å². The third kappa shape index (κ3) is 3.70. The van der Waals surface area contributed by atoms with E-state index in [1.54, 1.807) is 31.1 Å². The molecule has 0 aliphatic rings. The predicted molar refractivity (Wildman–Crippen MR) is 106 cm³/mol. The molecule has 0 bridgehead atoms. The summed E-state index contributed by atoms with van der Waals surface area (Å²) in [5.41, 5.74) is 3.03. The maximum absolute atomic E-state index is 5.35. The van der Waals surface area contributed by atoms with Crippen molar-refractivity contribution in [2.24, 2.45) is 0 Å². The predicted octanol–water partition coefficient (Wildman–Crippen LogP) is 3.52. The van der Waals surface area contributed by atoms with Gasteiger partial charge in [0, 0.05) is 24.5 Å². The molecule has 0 radical (unpaired) electrons. The van der Waals surface area contributed by atoms with E-state index in [1.165, 1.54) is 16.9 Å². The van der Waals surface area contributed by atoms with Crippen LogP contribution in [-0.4, -0.2) is 40.3 Å². The highest BCUT2D eigenvalue weighted by Gasteiger charge is 2.10. The fraction of sp³-hybridized carbons (Fsp3) is 0.211. The molecule has 1 N–H and O–H groups in total. The summed E-state index contributed by atoms with van der Waals surface area (Å²) >= 11 is 1.53. The van der Waals surface area contributed by atoms with Gasteiger partial charge in [-0.25, -0.2) is 9.50 Å². The SMILES string of the molecule is COc1ccc(CCNc2nn3cc(-c4cccnc4)nc3s2)cc1OC. The molecule has 27 heavy (non-hydrogen) atoms. The molecule has 3 aromatic heterocycles. The number of aromatic nitrogens is 4. The third-order valence-electron chi connectivity index (χ3n) is 4.14. The fourth-order valence-corrected chi connectivity index (χ4v) is 3.58. The topological polar surface area (TPSA) is 73.6 Å². The van der Waals surface area contributed by atoms with Gasteiger partial charge in [-0.15, -0.1) is 5.10 Å². The first-order valence-electron chi connectivity index (χ1n) is 8.48. The van der Waals surface area contributed by atoms with Crippen molar-refractivity contribution in [2.45, 2.75) is 6.42 Å². The molecule has 7 nitrogen and oxygen atoms in total. The number of nitrogens with one attached hydrogen (secondary N) is 1. The van der Waals surface area contributed by atoms with E-state index in [4.69, 9.17) is 9.47 Å². The Labute approximate surface area is 160 Å². The van der Waals surface area contributed by atoms with Crippen LogP contribution in [-0.2, 0) is 6.42 Å². The van der Waals surface area contributed by atoms with Gasteiger partial charge in [0.2, 0.25) is 10.1 Å². The van der Waals surface area contributed by atoms with Crippen LogP contribution >= 0.6 is 11.3 Å². The van der Waals surface area contributed by atoms with Crippen LogP contribution in [0, 0.1) is 0 Å². The number of hydrogen-bond acceptors (Lipinski definition) is 7. The average Bonchev–Trinajstić information content (AvgIpc) is 3.27. The number of nitrogens with zero attached hydrogens (tertiary/aromatic N) is 4. The summed E-state index contributed by atoms with van der Waals surface area (Å²) in [7, 11) is 3.28. The lowest BCUT2D eigenvalue weighted by Crippen LogP contribution is -2.05. The first-order chi connectivity index (χ1) is 13.3. The van der Waals surface area contributed by atoms with Crippen LogP contribution in [0.5, 0.6) is 11.5 Å². The number of methoxy groups -OCH3 is 2. The summed E-state index contributed by atoms with van der Waals surface area (Å²) < 4.78 is 12.4. The molecule has 0 aliphatic heterocycles. The molecular weight excluding hydrogens is 362 g/mol. The number of hydrogen-bond donors (Lipinski definition) is 1. The minimum atomic E-state index is 0.736. The molecule has 4 rings (SSSR count). The van der Waals surface area contributed by atoms with Gasteiger partial charge in [0.1, 0.15) is 0 Å². The summed E-state index contributed by atoms with van der Waals surface area (Å²) in [4.78, 5) is 9.60. The van der Waals surface area contributed by atoms with Crippen molar-refractivity contribution in [3.05, 3.63) is 54.5 Å². The molecule has 0 atom stereocenters. The number of ether oxygens (including phenoxy) is 2. The van der Waals surface area contributed by atoms with Gasteiger partial charge in [-0.2, -0.15) is 0 Å². The van der Waals surface area contributed by atoms with Gasteiger partial charge in [0.25, 0.3) is 0 Å². The Morgan fingerprint density at radius 3 is 2.78 bits per heavy atom. The highest BCUT2D eigenvalue weighted by atomic mass is 32.1. The van der Waals surface area contributed by atoms with Gasteiger partial charge in [-0.3, -0.25) is 4.98 Å². The van der Waals surface area contributed by atoms with E-state index in [9.17, 15) is 0 Å². The van der Waals surface area contributed by atoms with Gasteiger partial charge in [0.05, 0.1) is 26.1 Å². The van der Waals surface area contributed by atoms with Crippen LogP contribution in [0.15, 0.2) is 48.9 Å². The highest BCUT2D eigenvalue weighted by molar-refractivity contribution is 7.20. The van der Waals surface area contributed by atoms with Gasteiger partial charge >= 0.3 is 0 Å². The summed E-state index contributed by atoms with van der Waals surface area (Å²) in [6.07, 6.45) is 6.32. The lowest BCUT2D eigenvalue weighted by Gasteiger charge is -2.09. The monoisotopic (exact) mass is 381 g/mol. The molecule has 3 heterocycles. The molecule has 0 fully saturated rings. The van der Waals surface area contributed by atoms with Crippen molar-refractivity contribution < 1.29 is 9.47 Å². The molecule has 138 valence electrons. The van der Waals surface area contributed by atoms with Crippen LogP contribution in [0.25, 0.3) is 16.2 Å². The largest absolute Gasteiger partial charge is 0.493 e. The van der Waals surface area contributed by atoms with Crippen LogP contribution in [0.1, 0.15) is 5.56 Å². The Morgan fingerprint density at radius 1 is 1.15 bits per heavy atom. The molecule has 8 heteroatoms. The fourth-order valence-electron chi connectivity index (χ4n) is 2.77. The van der Waals surface area contributed by atoms with Gasteiger partial charge in [-0.1, -0.05) is 17.4 Å². The minimum Gasteiger partial charge on any atom is -0.493 e. The smallest absolute Gasteiger partial charge is 0.214 e. The number of rotatable bonds is 7. The van der Waals surface area contributed by atoms with Crippen molar-refractivity contribution in [1.29, 1.82) is 0 Å². The zero-order valence-corrected chi connectivity index (χ0v) is 15.9. The number of pyridine rings is 1. The maximum atomic E-state index is 5.35. The molecule has 0 saturated carbocycles. The first-order valence-corrected chi connectivity index (χ1v) is 9.30. The van der Waals surface area contributed by atoms with E-state index in [2.05, 4.69) is 20.4 Å². The average molecular weight is 381 g/mol. The number of imidazole rings is 1. The maximum Gasteiger partial charge on any atom is 0.214 e. The molecule has 0 unspecified atom stereocenters. The van der Waals surface area contributed by atoms with E-state index < -0.39 is 0 Å². The molecular formula is C19H19N5O2S. The second kappa shape index (κ2) is 7.63. The minimum absolute atomic E-state index is 0.736. The van der Waals surface area contributed by atoms with Crippen molar-refractivity contribution in [1.82, 2.24) is 19.6 Å². The van der Waals surface area contributed by atoms with E-state index in [0.717, 1.165) is 45.8 Å². The van der Waals surface area contributed by atoms with E-state index >= 15 is 0 Å². The second-order valence-electron chi connectivity index (χ2n) is 5.87. The number of benzene rings is 1. The zero-order valence-electron chi connectivity index (χ0n) is 15.0. The van der Waals surface area contributed by atoms with Crippen molar-refractivity contribution >= 4 is 21.4 Å². The Morgan fingerprint density at radius 2 is 2.04 bits per heavy atom. The summed E-state index contributed by atoms with van der Waals surface area (Å²) in [6, 6.07) is 9.85. The summed E-state index contributed by atoms with van der Waals surface area (Å²) in [6.45, 7) is 0.765. The van der Waals surface area contributed by atoms with Crippen LogP contribution < -0.4 is 14.8 Å². The van der Waals surface area contributed by atoms with Crippen LogP contribution in [0.3, 0.4) is 0 Å². The van der Waals surface area contributed by atoms with Crippen LogP contribution in [0.4, 0.5) is 5.13 Å². The first kappa shape index (κ1) is 17.3. The number of anilines is 1. The van der Waals surface area contributed by atoms with Crippen LogP contribution in [0.2, 0.25) is 0 Å². The normalized spacial score (nSPS) is 10.9. The van der Waals surface area contributed by atoms with Gasteiger partial charge < -0.3 is 14.8 Å². The highest BCUT2D eigenvalue weighted by Crippen LogP contribution is 2.28. The Kier molecular flexibility index (Phi) is 4.88. The second-order valence-corrected chi connectivity index (χ2v) is 6.82. The third-order valence-corrected chi connectivity index (χ3v) is 5.02. The Hall–Kier alpha value is -3.13. The standard InChI is InChI=1S/C19H19N5O2S/c1-25-16-6-5-13(10-17(16)26-2)7-9-21-18-23-24-12-15(22-19(24)27-18)14-4-3-8-20-11-14/h3-6,8,10-12H,7,9H2,1-2H3,(H,21,23). The molecule has 1 aromatic carbocycles. The molecule has 0 spiro atoms. The summed E-state index contributed by atoms with van der Waals surface area (Å²) in [5.74, 6) is 1.48. The Bertz CT molecular complexity index is 1010. The zero-order chi connectivity index (χ0) is 18.6. The lowest BCUT2D eigenvalue weighted by molar-refractivity contribution is 0.354. The molecule has 0 saturated heterocycles. The van der Waals surface area contributed by atoms with E-state index in [1.807, 2.05) is 36.5 Å². The molecule has 0 amide bonds. The van der Waals surface area contributed by atoms with Crippen molar-refractivity contribution in [2.75, 3.05) is 26.1 Å². The number of fused-ring (bicyclic) bond motifs is 1. The van der Waals surface area contributed by atoms with E-state index in [0.29, 0.717) is 0 Å². The lowest BCUT2D eigenvalue weighted by atomic mass is 10.1.